The van der Waals surface area contributed by atoms with Crippen molar-refractivity contribution in [1.82, 2.24) is 15.8 Å². The van der Waals surface area contributed by atoms with Gasteiger partial charge in [0.25, 0.3) is 0 Å². The van der Waals surface area contributed by atoms with Crippen LogP contribution in [-0.2, 0) is 6.42 Å². The van der Waals surface area contributed by atoms with Gasteiger partial charge in [-0.15, -0.1) is 0 Å². The zero-order valence-electron chi connectivity index (χ0n) is 17.0. The summed E-state index contributed by atoms with van der Waals surface area (Å²) in [5.74, 6) is 1.80. The van der Waals surface area contributed by atoms with Crippen molar-refractivity contribution >= 4 is 23.2 Å². The van der Waals surface area contributed by atoms with Crippen molar-refractivity contribution in [2.75, 3.05) is 31.1 Å². The molecule has 2 heterocycles. The monoisotopic (exact) mass is 403 g/mol. The highest BCUT2D eigenvalue weighted by molar-refractivity contribution is 6.30. The first-order chi connectivity index (χ1) is 13.6. The van der Waals surface area contributed by atoms with Gasteiger partial charge in [0.15, 0.2) is 5.96 Å². The minimum absolute atomic E-state index is 0.374. The molecule has 1 aromatic carbocycles. The summed E-state index contributed by atoms with van der Waals surface area (Å²) in [4.78, 5) is 7.12. The normalized spacial score (nSPS) is 17.2. The lowest BCUT2D eigenvalue weighted by Gasteiger charge is -2.20. The van der Waals surface area contributed by atoms with Crippen molar-refractivity contribution < 1.29 is 4.52 Å². The van der Waals surface area contributed by atoms with Gasteiger partial charge in [-0.05, 0) is 58.2 Å². The Kier molecular flexibility index (Phi) is 7.20. The van der Waals surface area contributed by atoms with Crippen LogP contribution in [0.25, 0.3) is 0 Å². The largest absolute Gasteiger partial charge is 0.369 e. The highest BCUT2D eigenvalue weighted by atomic mass is 35.5. The van der Waals surface area contributed by atoms with Crippen molar-refractivity contribution in [3.05, 3.63) is 46.3 Å². The summed E-state index contributed by atoms with van der Waals surface area (Å²) in [5.41, 5.74) is 3.37. The Morgan fingerprint density at radius 2 is 2.25 bits per heavy atom. The van der Waals surface area contributed by atoms with E-state index in [2.05, 4.69) is 33.7 Å². The molecule has 2 aromatic rings. The van der Waals surface area contributed by atoms with E-state index in [1.54, 1.807) is 0 Å². The lowest BCUT2D eigenvalue weighted by atomic mass is 10.1. The van der Waals surface area contributed by atoms with Gasteiger partial charge in [-0.3, -0.25) is 4.99 Å². The smallest absolute Gasteiger partial charge is 0.191 e. The number of guanidine groups is 1. The van der Waals surface area contributed by atoms with Crippen LogP contribution in [0.5, 0.6) is 0 Å². The van der Waals surface area contributed by atoms with Crippen LogP contribution in [0, 0.1) is 13.8 Å². The molecule has 3 rings (SSSR count). The molecule has 2 N–H and O–H groups in total. The summed E-state index contributed by atoms with van der Waals surface area (Å²) >= 11 is 6.13. The van der Waals surface area contributed by atoms with E-state index in [9.17, 15) is 0 Å². The van der Waals surface area contributed by atoms with Crippen LogP contribution in [-0.4, -0.2) is 43.3 Å². The number of nitrogens with one attached hydrogen (secondary N) is 2. The quantitative estimate of drug-likeness (QED) is 0.419. The summed E-state index contributed by atoms with van der Waals surface area (Å²) in [6, 6.07) is 8.43. The average Bonchev–Trinajstić information content (AvgIpc) is 3.26. The molecule has 0 amide bonds. The minimum Gasteiger partial charge on any atom is -0.369 e. The molecule has 7 heteroatoms. The van der Waals surface area contributed by atoms with Crippen molar-refractivity contribution in [1.29, 1.82) is 0 Å². The van der Waals surface area contributed by atoms with E-state index in [0.717, 1.165) is 67.9 Å². The van der Waals surface area contributed by atoms with Crippen molar-refractivity contribution in [2.45, 2.75) is 46.1 Å². The summed E-state index contributed by atoms with van der Waals surface area (Å²) in [5, 5.41) is 11.7. The number of halogens is 1. The summed E-state index contributed by atoms with van der Waals surface area (Å²) in [6.45, 7) is 9.63. The number of aromatic nitrogens is 1. The predicted octanol–water partition coefficient (Wildman–Crippen LogP) is 3.71. The van der Waals surface area contributed by atoms with Gasteiger partial charge in [0, 0.05) is 48.5 Å². The van der Waals surface area contributed by atoms with E-state index in [4.69, 9.17) is 21.1 Å². The molecule has 1 atom stereocenters. The predicted molar refractivity (Wildman–Crippen MR) is 115 cm³/mol. The lowest BCUT2D eigenvalue weighted by molar-refractivity contribution is 0.392. The van der Waals surface area contributed by atoms with Crippen molar-refractivity contribution in [2.24, 2.45) is 4.99 Å². The maximum absolute atomic E-state index is 6.13. The molecule has 1 aliphatic rings. The Bertz CT molecular complexity index is 784. The van der Waals surface area contributed by atoms with Crippen LogP contribution >= 0.6 is 11.6 Å². The van der Waals surface area contributed by atoms with Crippen LogP contribution in [0.1, 0.15) is 36.8 Å². The fraction of sp³-hybridized carbons (Fsp3) is 0.524. The van der Waals surface area contributed by atoms with E-state index >= 15 is 0 Å². The molecule has 1 aromatic heterocycles. The standard InChI is InChI=1S/C21H30ClN5O/c1-4-23-21(24-11-6-9-20-15(2)26-28-16(20)3)25-18-10-12-27(14-18)19-8-5-7-17(22)13-19/h5,7-8,13,18H,4,6,9-12,14H2,1-3H3,(H2,23,24,25). The SMILES string of the molecule is CCNC(=NCCCc1c(C)noc1C)NC1CCN(c2cccc(Cl)c2)C1. The summed E-state index contributed by atoms with van der Waals surface area (Å²) in [6.07, 6.45) is 2.99. The second-order valence-electron chi connectivity index (χ2n) is 7.22. The average molecular weight is 404 g/mol. The lowest BCUT2D eigenvalue weighted by Crippen LogP contribution is -2.44. The molecule has 1 aliphatic heterocycles. The van der Waals surface area contributed by atoms with Crippen LogP contribution in [0.2, 0.25) is 5.02 Å². The first-order valence-electron chi connectivity index (χ1n) is 10.0. The highest BCUT2D eigenvalue weighted by Gasteiger charge is 2.23. The van der Waals surface area contributed by atoms with Gasteiger partial charge in [0.05, 0.1) is 5.69 Å². The Balaban J connectivity index is 1.50. The number of aliphatic imine (C=N–C) groups is 1. The third-order valence-electron chi connectivity index (χ3n) is 5.08. The molecule has 6 nitrogen and oxygen atoms in total. The molecular formula is C21H30ClN5O. The van der Waals surface area contributed by atoms with Crippen molar-refractivity contribution in [3.8, 4) is 0 Å². The highest BCUT2D eigenvalue weighted by Crippen LogP contribution is 2.23. The molecule has 28 heavy (non-hydrogen) atoms. The number of hydrogen-bond acceptors (Lipinski definition) is 4. The second kappa shape index (κ2) is 9.82. The molecule has 1 fully saturated rings. The molecule has 152 valence electrons. The first-order valence-corrected chi connectivity index (χ1v) is 10.4. The van der Waals surface area contributed by atoms with Gasteiger partial charge < -0.3 is 20.1 Å². The van der Waals surface area contributed by atoms with Gasteiger partial charge >= 0.3 is 0 Å². The second-order valence-corrected chi connectivity index (χ2v) is 7.66. The van der Waals surface area contributed by atoms with Crippen LogP contribution < -0.4 is 15.5 Å². The minimum atomic E-state index is 0.374. The van der Waals surface area contributed by atoms with Crippen molar-refractivity contribution in [3.63, 3.8) is 0 Å². The van der Waals surface area contributed by atoms with E-state index in [0.29, 0.717) is 6.04 Å². The van der Waals surface area contributed by atoms with Crippen LogP contribution in [0.3, 0.4) is 0 Å². The molecule has 0 bridgehead atoms. The number of nitrogens with zero attached hydrogens (tertiary/aromatic N) is 3. The van der Waals surface area contributed by atoms with Crippen LogP contribution in [0.15, 0.2) is 33.8 Å². The first kappa shape index (κ1) is 20.5. The van der Waals surface area contributed by atoms with E-state index in [1.165, 1.54) is 11.3 Å². The molecule has 1 saturated heterocycles. The third kappa shape index (κ3) is 5.41. The van der Waals surface area contributed by atoms with Gasteiger partial charge in [-0.25, -0.2) is 0 Å². The Morgan fingerprint density at radius 3 is 2.96 bits per heavy atom. The van der Waals surface area contributed by atoms with Crippen LogP contribution in [0.4, 0.5) is 5.69 Å². The number of rotatable bonds is 7. The van der Waals surface area contributed by atoms with E-state index in [-0.39, 0.29) is 0 Å². The summed E-state index contributed by atoms with van der Waals surface area (Å²) < 4.78 is 5.23. The van der Waals surface area contributed by atoms with Gasteiger partial charge in [0.2, 0.25) is 0 Å². The Hall–Kier alpha value is -2.21. The van der Waals surface area contributed by atoms with Gasteiger partial charge in [0.1, 0.15) is 5.76 Å². The van der Waals surface area contributed by atoms with Gasteiger partial charge in [-0.1, -0.05) is 22.8 Å². The zero-order valence-corrected chi connectivity index (χ0v) is 17.7. The maximum atomic E-state index is 6.13. The number of aryl methyl sites for hydroxylation is 2. The van der Waals surface area contributed by atoms with Gasteiger partial charge in [-0.2, -0.15) is 0 Å². The third-order valence-corrected chi connectivity index (χ3v) is 5.32. The molecule has 1 unspecified atom stereocenters. The molecule has 0 saturated carbocycles. The molecule has 0 spiro atoms. The zero-order chi connectivity index (χ0) is 19.9. The number of hydrogen-bond donors (Lipinski definition) is 2. The summed E-state index contributed by atoms with van der Waals surface area (Å²) in [7, 11) is 0. The molecule has 0 radical (unpaired) electrons. The van der Waals surface area contributed by atoms with E-state index in [1.807, 2.05) is 32.0 Å². The Morgan fingerprint density at radius 1 is 1.39 bits per heavy atom. The molecule has 0 aliphatic carbocycles. The Labute approximate surface area is 172 Å². The topological polar surface area (TPSA) is 65.7 Å². The fourth-order valence-electron chi connectivity index (χ4n) is 3.60. The van der Waals surface area contributed by atoms with E-state index < -0.39 is 0 Å². The number of anilines is 1. The molecular weight excluding hydrogens is 374 g/mol. The number of benzene rings is 1. The maximum Gasteiger partial charge on any atom is 0.191 e. The fourth-order valence-corrected chi connectivity index (χ4v) is 3.79.